The molecule has 7 heteroatoms. The summed E-state index contributed by atoms with van der Waals surface area (Å²) in [7, 11) is 1.82. The van der Waals surface area contributed by atoms with Crippen molar-refractivity contribution in [2.45, 2.75) is 13.8 Å². The summed E-state index contributed by atoms with van der Waals surface area (Å²) in [6, 6.07) is 7.82. The summed E-state index contributed by atoms with van der Waals surface area (Å²) in [5, 5.41) is 5.98. The van der Waals surface area contributed by atoms with Crippen molar-refractivity contribution in [2.24, 2.45) is 0 Å². The smallest absolute Gasteiger partial charge is 0.255 e. The van der Waals surface area contributed by atoms with Crippen molar-refractivity contribution in [3.63, 3.8) is 0 Å². The zero-order chi connectivity index (χ0) is 18.3. The van der Waals surface area contributed by atoms with Crippen molar-refractivity contribution in [2.75, 3.05) is 13.6 Å². The predicted octanol–water partition coefficient (Wildman–Crippen LogP) is 4.59. The Balaban J connectivity index is 1.82. The van der Waals surface area contributed by atoms with E-state index in [1.807, 2.05) is 66.5 Å². The summed E-state index contributed by atoms with van der Waals surface area (Å²) >= 11 is 3.19. The molecule has 0 saturated heterocycles. The minimum atomic E-state index is 0.0213. The molecule has 0 saturated carbocycles. The van der Waals surface area contributed by atoms with Gasteiger partial charge in [0.25, 0.3) is 5.91 Å². The highest BCUT2D eigenvalue weighted by Crippen LogP contribution is 2.32. The maximum Gasteiger partial charge on any atom is 0.255 e. The topological polar surface area (TPSA) is 50.5 Å². The van der Waals surface area contributed by atoms with Crippen LogP contribution in [0.5, 0.6) is 0 Å². The lowest BCUT2D eigenvalue weighted by atomic mass is 10.2. The minimum Gasteiger partial charge on any atom is -0.342 e. The van der Waals surface area contributed by atoms with Gasteiger partial charge in [0.15, 0.2) is 0 Å². The first-order valence-electron chi connectivity index (χ1n) is 8.32. The van der Waals surface area contributed by atoms with E-state index in [2.05, 4.69) is 4.98 Å². The number of aryl methyl sites for hydroxylation is 1. The molecule has 0 bridgehead atoms. The second kappa shape index (κ2) is 6.66. The van der Waals surface area contributed by atoms with Crippen LogP contribution in [-0.4, -0.2) is 38.8 Å². The van der Waals surface area contributed by atoms with E-state index in [1.165, 1.54) is 0 Å². The Morgan fingerprint density at radius 2 is 2.00 bits per heavy atom. The van der Waals surface area contributed by atoms with Gasteiger partial charge < -0.3 is 9.30 Å². The first-order valence-corrected chi connectivity index (χ1v) is 10.1. The first kappa shape index (κ1) is 16.9. The number of hydrogen-bond acceptors (Lipinski definition) is 5. The minimum absolute atomic E-state index is 0.0213. The van der Waals surface area contributed by atoms with E-state index < -0.39 is 0 Å². The summed E-state index contributed by atoms with van der Waals surface area (Å²) < 4.78 is 2.03. The van der Waals surface area contributed by atoms with E-state index in [1.54, 1.807) is 27.6 Å². The molecule has 0 radical (unpaired) electrons. The maximum atomic E-state index is 12.7. The monoisotopic (exact) mass is 382 g/mol. The average Bonchev–Trinajstić information content (AvgIpc) is 3.37. The number of amides is 1. The van der Waals surface area contributed by atoms with Crippen molar-refractivity contribution in [1.29, 1.82) is 0 Å². The van der Waals surface area contributed by atoms with Gasteiger partial charge in [-0.05, 0) is 32.0 Å². The summed E-state index contributed by atoms with van der Waals surface area (Å²) in [5.74, 6) is 0.0213. The van der Waals surface area contributed by atoms with Gasteiger partial charge in [0.2, 0.25) is 0 Å². The summed E-state index contributed by atoms with van der Waals surface area (Å²) in [6.45, 7) is 4.63. The van der Waals surface area contributed by atoms with Crippen molar-refractivity contribution in [3.05, 3.63) is 51.8 Å². The first-order chi connectivity index (χ1) is 12.6. The molecular formula is C19H18N4OS2. The Hall–Kier alpha value is -2.51. The van der Waals surface area contributed by atoms with Crippen LogP contribution < -0.4 is 0 Å². The number of pyridine rings is 1. The number of fused-ring (bicyclic) bond motifs is 1. The standard InChI is InChI=1S/C19H18N4OS2/c1-4-22(3)19(24)13-9-17(23-8-6-5-7-16(13)23)14-10-26-18(21-14)15-11-25-12(2)20-15/h5-11H,4H2,1-3H3. The quantitative estimate of drug-likeness (QED) is 0.519. The highest BCUT2D eigenvalue weighted by atomic mass is 32.1. The van der Waals surface area contributed by atoms with Crippen LogP contribution in [0.25, 0.3) is 27.6 Å². The van der Waals surface area contributed by atoms with Crippen LogP contribution in [0.4, 0.5) is 0 Å². The lowest BCUT2D eigenvalue weighted by Gasteiger charge is -2.13. The average molecular weight is 383 g/mol. The van der Waals surface area contributed by atoms with Crippen LogP contribution >= 0.6 is 22.7 Å². The number of aromatic nitrogens is 3. The Bertz CT molecular complexity index is 1090. The molecule has 0 spiro atoms. The molecule has 4 rings (SSSR count). The zero-order valence-electron chi connectivity index (χ0n) is 14.8. The number of thiazole rings is 2. The molecular weight excluding hydrogens is 364 g/mol. The molecule has 0 unspecified atom stereocenters. The molecule has 4 aromatic rings. The fourth-order valence-electron chi connectivity index (χ4n) is 2.84. The van der Waals surface area contributed by atoms with E-state index >= 15 is 0 Å². The van der Waals surface area contributed by atoms with Crippen LogP contribution in [0.2, 0.25) is 0 Å². The maximum absolute atomic E-state index is 12.7. The van der Waals surface area contributed by atoms with Crippen LogP contribution in [0.15, 0.2) is 41.2 Å². The van der Waals surface area contributed by atoms with Gasteiger partial charge in [0.1, 0.15) is 10.7 Å². The molecule has 0 aliphatic carbocycles. The number of carbonyl (C=O) groups is 1. The van der Waals surface area contributed by atoms with Crippen LogP contribution in [0.1, 0.15) is 22.3 Å². The Morgan fingerprint density at radius 3 is 2.73 bits per heavy atom. The van der Waals surface area contributed by atoms with Crippen molar-refractivity contribution < 1.29 is 4.79 Å². The third-order valence-corrected chi connectivity index (χ3v) is 5.97. The zero-order valence-corrected chi connectivity index (χ0v) is 16.4. The lowest BCUT2D eigenvalue weighted by molar-refractivity contribution is 0.0804. The largest absolute Gasteiger partial charge is 0.342 e. The van der Waals surface area contributed by atoms with Gasteiger partial charge in [-0.2, -0.15) is 0 Å². The second-order valence-corrected chi connectivity index (χ2v) is 7.93. The molecule has 0 atom stereocenters. The highest BCUT2D eigenvalue weighted by molar-refractivity contribution is 7.14. The Morgan fingerprint density at radius 1 is 1.19 bits per heavy atom. The third-order valence-electron chi connectivity index (χ3n) is 4.33. The molecule has 4 aromatic heterocycles. The van der Waals surface area contributed by atoms with Crippen LogP contribution in [0, 0.1) is 6.92 Å². The Kier molecular flexibility index (Phi) is 4.34. The molecule has 0 fully saturated rings. The summed E-state index contributed by atoms with van der Waals surface area (Å²) in [6.07, 6.45) is 1.97. The van der Waals surface area contributed by atoms with Crippen LogP contribution in [0.3, 0.4) is 0 Å². The molecule has 1 amide bonds. The normalized spacial score (nSPS) is 11.2. The third kappa shape index (κ3) is 2.83. The number of nitrogens with zero attached hydrogens (tertiary/aromatic N) is 4. The van der Waals surface area contributed by atoms with Crippen molar-refractivity contribution in [3.8, 4) is 22.1 Å². The van der Waals surface area contributed by atoms with Gasteiger partial charge >= 0.3 is 0 Å². The SMILES string of the molecule is CCN(C)C(=O)c1cc(-c2csc(-c3csc(C)n3)n2)n2ccccc12. The van der Waals surface area contributed by atoms with Crippen molar-refractivity contribution in [1.82, 2.24) is 19.3 Å². The molecule has 0 aliphatic heterocycles. The lowest BCUT2D eigenvalue weighted by Crippen LogP contribution is -2.25. The highest BCUT2D eigenvalue weighted by Gasteiger charge is 2.20. The fourth-order valence-corrected chi connectivity index (χ4v) is 4.29. The van der Waals surface area contributed by atoms with Gasteiger partial charge in [-0.3, -0.25) is 4.79 Å². The molecule has 0 aromatic carbocycles. The molecule has 26 heavy (non-hydrogen) atoms. The Labute approximate surface area is 159 Å². The summed E-state index contributed by atoms with van der Waals surface area (Å²) in [4.78, 5) is 23.8. The molecule has 4 heterocycles. The second-order valence-electron chi connectivity index (χ2n) is 6.01. The molecule has 5 nitrogen and oxygen atoms in total. The van der Waals surface area contributed by atoms with Gasteiger partial charge in [-0.1, -0.05) is 6.07 Å². The fraction of sp³-hybridized carbons (Fsp3) is 0.211. The summed E-state index contributed by atoms with van der Waals surface area (Å²) in [5.41, 5.74) is 4.28. The van der Waals surface area contributed by atoms with Gasteiger partial charge in [-0.15, -0.1) is 22.7 Å². The number of hydrogen-bond donors (Lipinski definition) is 0. The van der Waals surface area contributed by atoms with E-state index in [9.17, 15) is 4.79 Å². The van der Waals surface area contributed by atoms with E-state index in [0.29, 0.717) is 12.1 Å². The van der Waals surface area contributed by atoms with E-state index in [0.717, 1.165) is 32.6 Å². The predicted molar refractivity (Wildman–Crippen MR) is 107 cm³/mol. The van der Waals surface area contributed by atoms with Gasteiger partial charge in [0, 0.05) is 30.5 Å². The van der Waals surface area contributed by atoms with E-state index in [4.69, 9.17) is 4.98 Å². The number of carbonyl (C=O) groups excluding carboxylic acids is 1. The molecule has 0 N–H and O–H groups in total. The molecule has 0 aliphatic rings. The number of rotatable bonds is 4. The van der Waals surface area contributed by atoms with Crippen LogP contribution in [-0.2, 0) is 0 Å². The van der Waals surface area contributed by atoms with Crippen molar-refractivity contribution >= 4 is 34.1 Å². The van der Waals surface area contributed by atoms with Gasteiger partial charge in [0.05, 0.1) is 27.5 Å². The molecule has 132 valence electrons. The van der Waals surface area contributed by atoms with Gasteiger partial charge in [-0.25, -0.2) is 9.97 Å². The van der Waals surface area contributed by atoms with E-state index in [-0.39, 0.29) is 5.91 Å².